The molecule has 0 atom stereocenters. The van der Waals surface area contributed by atoms with Crippen LogP contribution in [0.15, 0.2) is 48.5 Å². The van der Waals surface area contributed by atoms with E-state index >= 15 is 0 Å². The van der Waals surface area contributed by atoms with E-state index in [1.54, 1.807) is 24.3 Å². The van der Waals surface area contributed by atoms with E-state index in [1.807, 2.05) is 19.1 Å². The van der Waals surface area contributed by atoms with Gasteiger partial charge in [-0.15, -0.1) is 0 Å². The highest BCUT2D eigenvalue weighted by molar-refractivity contribution is 6.03. The molecule has 3 N–H and O–H groups in total. The minimum atomic E-state index is -0.679. The van der Waals surface area contributed by atoms with E-state index in [2.05, 4.69) is 5.32 Å². The lowest BCUT2D eigenvalue weighted by Crippen LogP contribution is -2.25. The Bertz CT molecular complexity index is 789. The van der Waals surface area contributed by atoms with Crippen LogP contribution in [-0.4, -0.2) is 31.0 Å². The number of nitrogens with two attached hydrogens (primary N) is 1. The summed E-state index contributed by atoms with van der Waals surface area (Å²) in [6, 6.07) is 13.5. The normalized spacial score (nSPS) is 9.96. The van der Waals surface area contributed by atoms with Crippen molar-refractivity contribution in [3.05, 3.63) is 59.7 Å². The van der Waals surface area contributed by atoms with Crippen LogP contribution in [0.5, 0.6) is 5.75 Å². The second-order valence-electron chi connectivity index (χ2n) is 5.17. The van der Waals surface area contributed by atoms with Crippen LogP contribution in [0.2, 0.25) is 0 Å². The van der Waals surface area contributed by atoms with Crippen LogP contribution >= 0.6 is 0 Å². The Morgan fingerprint density at radius 1 is 1.00 bits per heavy atom. The summed E-state index contributed by atoms with van der Waals surface area (Å²) in [6.45, 7) is 1.05. The molecule has 0 unspecified atom stereocenters. The number of carbonyl (C=O) groups is 3. The molecule has 2 rings (SSSR count). The van der Waals surface area contributed by atoms with Crippen molar-refractivity contribution in [3.63, 3.8) is 0 Å². The van der Waals surface area contributed by atoms with Crippen molar-refractivity contribution in [2.45, 2.75) is 6.92 Å². The third kappa shape index (κ3) is 5.35. The van der Waals surface area contributed by atoms with Crippen molar-refractivity contribution >= 4 is 23.5 Å². The fourth-order valence-electron chi connectivity index (χ4n) is 2.04. The van der Waals surface area contributed by atoms with Crippen molar-refractivity contribution < 1.29 is 23.9 Å². The van der Waals surface area contributed by atoms with Gasteiger partial charge in [0, 0.05) is 0 Å². The molecule has 0 heterocycles. The van der Waals surface area contributed by atoms with E-state index in [1.165, 1.54) is 12.1 Å². The van der Waals surface area contributed by atoms with Gasteiger partial charge in [-0.2, -0.15) is 0 Å². The molecule has 2 aromatic carbocycles. The zero-order chi connectivity index (χ0) is 18.2. The lowest BCUT2D eigenvalue weighted by atomic mass is 10.1. The molecular formula is C18H18N2O5. The quantitative estimate of drug-likeness (QED) is 0.744. The number of ether oxygens (including phenoxy) is 2. The monoisotopic (exact) mass is 342 g/mol. The van der Waals surface area contributed by atoms with Crippen LogP contribution in [0, 0.1) is 6.92 Å². The number of nitrogens with one attached hydrogen (secondary N) is 1. The first-order valence-electron chi connectivity index (χ1n) is 7.50. The molecular weight excluding hydrogens is 324 g/mol. The minimum absolute atomic E-state index is 0.171. The summed E-state index contributed by atoms with van der Waals surface area (Å²) >= 11 is 0. The molecule has 0 aliphatic heterocycles. The molecule has 0 bridgehead atoms. The summed E-state index contributed by atoms with van der Waals surface area (Å²) in [5.74, 6) is -1.36. The van der Waals surface area contributed by atoms with Gasteiger partial charge in [-0.25, -0.2) is 4.79 Å². The SMILES string of the molecule is Cc1ccccc1OCC(=O)OCC(=O)Nc1ccccc1C(N)=O. The highest BCUT2D eigenvalue weighted by Crippen LogP contribution is 2.16. The van der Waals surface area contributed by atoms with Crippen LogP contribution in [0.1, 0.15) is 15.9 Å². The van der Waals surface area contributed by atoms with Gasteiger partial charge in [0.05, 0.1) is 11.3 Å². The van der Waals surface area contributed by atoms with Crippen LogP contribution in [0.25, 0.3) is 0 Å². The van der Waals surface area contributed by atoms with Crippen LogP contribution in [0.3, 0.4) is 0 Å². The van der Waals surface area contributed by atoms with E-state index in [-0.39, 0.29) is 17.9 Å². The number of benzene rings is 2. The summed E-state index contributed by atoms with van der Waals surface area (Å²) < 4.78 is 10.2. The predicted octanol–water partition coefficient (Wildman–Crippen LogP) is 1.65. The number of esters is 1. The first-order chi connectivity index (χ1) is 12.0. The van der Waals surface area contributed by atoms with Gasteiger partial charge in [-0.1, -0.05) is 30.3 Å². The number of hydrogen-bond acceptors (Lipinski definition) is 5. The lowest BCUT2D eigenvalue weighted by molar-refractivity contribution is -0.149. The second-order valence-corrected chi connectivity index (χ2v) is 5.17. The van der Waals surface area contributed by atoms with Crippen LogP contribution in [0.4, 0.5) is 5.69 Å². The Hall–Kier alpha value is -3.35. The topological polar surface area (TPSA) is 108 Å². The Labute approximate surface area is 144 Å². The van der Waals surface area contributed by atoms with Gasteiger partial charge in [-0.05, 0) is 30.7 Å². The first-order valence-corrected chi connectivity index (χ1v) is 7.50. The number of para-hydroxylation sites is 2. The van der Waals surface area contributed by atoms with Gasteiger partial charge in [0.2, 0.25) is 0 Å². The van der Waals surface area contributed by atoms with E-state index in [0.29, 0.717) is 5.75 Å². The summed E-state index contributed by atoms with van der Waals surface area (Å²) in [5, 5.41) is 2.47. The van der Waals surface area contributed by atoms with E-state index < -0.39 is 24.4 Å². The van der Waals surface area contributed by atoms with Crippen molar-refractivity contribution in [2.24, 2.45) is 5.73 Å². The molecule has 0 saturated carbocycles. The number of rotatable bonds is 7. The molecule has 7 heteroatoms. The molecule has 0 fully saturated rings. The molecule has 0 aliphatic rings. The number of carbonyl (C=O) groups excluding carboxylic acids is 3. The van der Waals surface area contributed by atoms with Gasteiger partial charge in [0.15, 0.2) is 13.2 Å². The molecule has 0 spiro atoms. The van der Waals surface area contributed by atoms with Gasteiger partial charge in [-0.3, -0.25) is 9.59 Å². The number of hydrogen-bond donors (Lipinski definition) is 2. The molecule has 7 nitrogen and oxygen atoms in total. The first kappa shape index (κ1) is 18.0. The standard InChI is InChI=1S/C18H18N2O5/c1-12-6-2-5-9-15(12)24-11-17(22)25-10-16(21)20-14-8-4-3-7-13(14)18(19)23/h2-9H,10-11H2,1H3,(H2,19,23)(H,20,21). The van der Waals surface area contributed by atoms with Crippen molar-refractivity contribution in [1.29, 1.82) is 0 Å². The van der Waals surface area contributed by atoms with Gasteiger partial charge >= 0.3 is 5.97 Å². The van der Waals surface area contributed by atoms with E-state index in [4.69, 9.17) is 15.2 Å². The maximum Gasteiger partial charge on any atom is 0.344 e. The Morgan fingerprint density at radius 3 is 2.40 bits per heavy atom. The highest BCUT2D eigenvalue weighted by Gasteiger charge is 2.12. The lowest BCUT2D eigenvalue weighted by Gasteiger charge is -2.10. The highest BCUT2D eigenvalue weighted by atomic mass is 16.6. The zero-order valence-electron chi connectivity index (χ0n) is 13.7. The molecule has 2 amide bonds. The van der Waals surface area contributed by atoms with Gasteiger partial charge in [0.25, 0.3) is 11.8 Å². The molecule has 0 aliphatic carbocycles. The Balaban J connectivity index is 1.81. The van der Waals surface area contributed by atoms with E-state index in [9.17, 15) is 14.4 Å². The largest absolute Gasteiger partial charge is 0.482 e. The predicted molar refractivity (Wildman–Crippen MR) is 91.2 cm³/mol. The fraction of sp³-hybridized carbons (Fsp3) is 0.167. The van der Waals surface area contributed by atoms with Crippen molar-refractivity contribution in [3.8, 4) is 5.75 Å². The average molecular weight is 342 g/mol. The van der Waals surface area contributed by atoms with Gasteiger partial charge in [0.1, 0.15) is 5.75 Å². The van der Waals surface area contributed by atoms with Crippen LogP contribution in [-0.2, 0) is 14.3 Å². The summed E-state index contributed by atoms with van der Waals surface area (Å²) in [7, 11) is 0. The Morgan fingerprint density at radius 2 is 1.68 bits per heavy atom. The smallest absolute Gasteiger partial charge is 0.344 e. The summed E-state index contributed by atoms with van der Waals surface area (Å²) in [6.07, 6.45) is 0. The van der Waals surface area contributed by atoms with Crippen molar-refractivity contribution in [2.75, 3.05) is 18.5 Å². The molecule has 2 aromatic rings. The molecule has 130 valence electrons. The van der Waals surface area contributed by atoms with Crippen molar-refractivity contribution in [1.82, 2.24) is 0 Å². The zero-order valence-corrected chi connectivity index (χ0v) is 13.7. The average Bonchev–Trinajstić information content (AvgIpc) is 2.59. The summed E-state index contributed by atoms with van der Waals surface area (Å²) in [4.78, 5) is 34.8. The molecule has 0 saturated heterocycles. The fourth-order valence-corrected chi connectivity index (χ4v) is 2.04. The summed E-state index contributed by atoms with van der Waals surface area (Å²) in [5.41, 5.74) is 6.54. The van der Waals surface area contributed by atoms with Gasteiger partial charge < -0.3 is 20.5 Å². The maximum atomic E-state index is 11.8. The molecule has 0 radical (unpaired) electrons. The Kier molecular flexibility index (Phi) is 6.11. The molecule has 25 heavy (non-hydrogen) atoms. The second kappa shape index (κ2) is 8.49. The number of anilines is 1. The number of amides is 2. The third-order valence-corrected chi connectivity index (χ3v) is 3.27. The van der Waals surface area contributed by atoms with E-state index in [0.717, 1.165) is 5.56 Å². The number of primary amides is 1. The third-order valence-electron chi connectivity index (χ3n) is 3.27. The molecule has 0 aromatic heterocycles. The van der Waals surface area contributed by atoms with Crippen LogP contribution < -0.4 is 15.8 Å². The maximum absolute atomic E-state index is 11.8. The minimum Gasteiger partial charge on any atom is -0.482 e. The number of aryl methyl sites for hydroxylation is 1.